The van der Waals surface area contributed by atoms with Crippen molar-refractivity contribution in [3.63, 3.8) is 0 Å². The van der Waals surface area contributed by atoms with Crippen molar-refractivity contribution in [2.45, 2.75) is 25.6 Å². The molecule has 4 aromatic rings. The van der Waals surface area contributed by atoms with Gasteiger partial charge in [0, 0.05) is 42.4 Å². The molecule has 37 heavy (non-hydrogen) atoms. The quantitative estimate of drug-likeness (QED) is 0.415. The van der Waals surface area contributed by atoms with E-state index in [0.29, 0.717) is 34.7 Å². The van der Waals surface area contributed by atoms with Crippen molar-refractivity contribution >= 4 is 11.7 Å². The van der Waals surface area contributed by atoms with E-state index in [2.05, 4.69) is 15.2 Å². The standard InChI is InChI=1S/C29H28FN5O2/c1-34(2)16-20-6-3-4-9-22(20)18-10-11-23(24(30)13-18)25-14-27(36)28-26(15-32-25)33-17-35(28)21-8-5-7-19(12-21)29(31)37/h3-13,17,25,32H,14-16H2,1-2H3,(H2,31,37). The highest BCUT2D eigenvalue weighted by molar-refractivity contribution is 5.97. The van der Waals surface area contributed by atoms with Gasteiger partial charge < -0.3 is 16.0 Å². The van der Waals surface area contributed by atoms with Gasteiger partial charge in [0.15, 0.2) is 5.78 Å². The Labute approximate surface area is 214 Å². The van der Waals surface area contributed by atoms with Crippen LogP contribution in [0, 0.1) is 5.82 Å². The van der Waals surface area contributed by atoms with Gasteiger partial charge in [-0.05, 0) is 55.1 Å². The molecule has 0 saturated carbocycles. The van der Waals surface area contributed by atoms with E-state index in [-0.39, 0.29) is 18.0 Å². The number of nitrogens with zero attached hydrogens (tertiary/aromatic N) is 3. The zero-order valence-electron chi connectivity index (χ0n) is 20.7. The second kappa shape index (κ2) is 10.1. The molecule has 1 aliphatic rings. The molecule has 1 aliphatic heterocycles. The van der Waals surface area contributed by atoms with Crippen LogP contribution in [-0.4, -0.2) is 40.2 Å². The number of Topliss-reactive ketones (excluding diaryl/α,β-unsaturated/α-hetero) is 1. The minimum atomic E-state index is -0.552. The molecule has 5 rings (SSSR count). The Morgan fingerprint density at radius 2 is 1.95 bits per heavy atom. The van der Waals surface area contributed by atoms with Crippen molar-refractivity contribution in [1.82, 2.24) is 19.8 Å². The van der Waals surface area contributed by atoms with Gasteiger partial charge in [0.2, 0.25) is 5.91 Å². The van der Waals surface area contributed by atoms with Crippen LogP contribution >= 0.6 is 0 Å². The van der Waals surface area contributed by atoms with Crippen LogP contribution in [0.1, 0.15) is 50.1 Å². The number of hydrogen-bond donors (Lipinski definition) is 2. The number of rotatable bonds is 6. The summed E-state index contributed by atoms with van der Waals surface area (Å²) in [6.07, 6.45) is 1.63. The van der Waals surface area contributed by atoms with Crippen LogP contribution in [0.4, 0.5) is 4.39 Å². The van der Waals surface area contributed by atoms with Crippen LogP contribution in [0.3, 0.4) is 0 Å². The highest BCUT2D eigenvalue weighted by Gasteiger charge is 2.29. The number of ketones is 1. The Morgan fingerprint density at radius 1 is 1.14 bits per heavy atom. The molecule has 0 aliphatic carbocycles. The number of nitrogens with two attached hydrogens (primary N) is 1. The van der Waals surface area contributed by atoms with Gasteiger partial charge >= 0.3 is 0 Å². The molecule has 1 atom stereocenters. The summed E-state index contributed by atoms with van der Waals surface area (Å²) in [5.74, 6) is -1.07. The molecule has 1 aromatic heterocycles. The largest absolute Gasteiger partial charge is 0.366 e. The van der Waals surface area contributed by atoms with Gasteiger partial charge in [0.05, 0.1) is 5.69 Å². The summed E-state index contributed by atoms with van der Waals surface area (Å²) in [6.45, 7) is 1.05. The summed E-state index contributed by atoms with van der Waals surface area (Å²) in [5, 5.41) is 3.30. The summed E-state index contributed by atoms with van der Waals surface area (Å²) >= 11 is 0. The minimum Gasteiger partial charge on any atom is -0.366 e. The van der Waals surface area contributed by atoms with Crippen molar-refractivity contribution in [2.24, 2.45) is 5.73 Å². The third-order valence-corrected chi connectivity index (χ3v) is 6.61. The van der Waals surface area contributed by atoms with Crippen LogP contribution < -0.4 is 11.1 Å². The molecule has 0 saturated heterocycles. The predicted molar refractivity (Wildman–Crippen MR) is 140 cm³/mol. The third-order valence-electron chi connectivity index (χ3n) is 6.61. The van der Waals surface area contributed by atoms with Crippen molar-refractivity contribution in [2.75, 3.05) is 14.1 Å². The summed E-state index contributed by atoms with van der Waals surface area (Å²) in [4.78, 5) is 31.5. The molecule has 1 unspecified atom stereocenters. The van der Waals surface area contributed by atoms with Gasteiger partial charge in [0.25, 0.3) is 0 Å². The first kappa shape index (κ1) is 24.5. The van der Waals surface area contributed by atoms with Gasteiger partial charge in [-0.2, -0.15) is 0 Å². The predicted octanol–water partition coefficient (Wildman–Crippen LogP) is 4.26. The Bertz CT molecular complexity index is 1490. The number of hydrogen-bond acceptors (Lipinski definition) is 5. The number of fused-ring (bicyclic) bond motifs is 1. The second-order valence-electron chi connectivity index (χ2n) is 9.52. The van der Waals surface area contributed by atoms with Gasteiger partial charge in [-0.15, -0.1) is 0 Å². The Kier molecular flexibility index (Phi) is 6.69. The molecule has 0 radical (unpaired) electrons. The molecule has 2 heterocycles. The zero-order chi connectivity index (χ0) is 26.1. The Hall–Kier alpha value is -4.14. The van der Waals surface area contributed by atoms with Crippen LogP contribution in [0.25, 0.3) is 16.8 Å². The average molecular weight is 498 g/mol. The summed E-state index contributed by atoms with van der Waals surface area (Å²) < 4.78 is 17.1. The molecular weight excluding hydrogens is 469 g/mol. The molecule has 7 nitrogen and oxygen atoms in total. The van der Waals surface area contributed by atoms with E-state index < -0.39 is 11.9 Å². The summed E-state index contributed by atoms with van der Waals surface area (Å²) in [5.41, 5.74) is 10.7. The minimum absolute atomic E-state index is 0.0711. The Balaban J connectivity index is 1.43. The van der Waals surface area contributed by atoms with E-state index in [1.54, 1.807) is 47.3 Å². The number of nitrogens with one attached hydrogen (secondary N) is 1. The number of benzene rings is 3. The SMILES string of the molecule is CN(C)Cc1ccccc1-c1ccc(C2CC(=O)c3c(ncn3-c3cccc(C(N)=O)c3)CN2)c(F)c1. The van der Waals surface area contributed by atoms with Crippen molar-refractivity contribution in [3.8, 4) is 16.8 Å². The van der Waals surface area contributed by atoms with Crippen LogP contribution in [0.15, 0.2) is 73.1 Å². The van der Waals surface area contributed by atoms with Crippen molar-refractivity contribution in [1.29, 1.82) is 0 Å². The lowest BCUT2D eigenvalue weighted by atomic mass is 9.95. The van der Waals surface area contributed by atoms with Gasteiger partial charge in [-0.1, -0.05) is 42.5 Å². The van der Waals surface area contributed by atoms with E-state index in [4.69, 9.17) is 5.73 Å². The molecular formula is C29H28FN5O2. The maximum atomic E-state index is 15.5. The van der Waals surface area contributed by atoms with Crippen LogP contribution in [0.2, 0.25) is 0 Å². The van der Waals surface area contributed by atoms with Crippen LogP contribution in [-0.2, 0) is 13.1 Å². The number of imidazole rings is 1. The van der Waals surface area contributed by atoms with Crippen LogP contribution in [0.5, 0.6) is 0 Å². The highest BCUT2D eigenvalue weighted by atomic mass is 19.1. The van der Waals surface area contributed by atoms with Crippen molar-refractivity contribution in [3.05, 3.63) is 107 Å². The molecule has 1 amide bonds. The third kappa shape index (κ3) is 4.94. The molecule has 0 bridgehead atoms. The number of halogens is 1. The lowest BCUT2D eigenvalue weighted by Gasteiger charge is -2.18. The van der Waals surface area contributed by atoms with Gasteiger partial charge in [-0.3, -0.25) is 14.2 Å². The van der Waals surface area contributed by atoms with Crippen molar-refractivity contribution < 1.29 is 14.0 Å². The number of carbonyl (C=O) groups excluding carboxylic acids is 2. The molecule has 3 aromatic carbocycles. The fraction of sp³-hybridized carbons (Fsp3) is 0.207. The topological polar surface area (TPSA) is 93.2 Å². The maximum absolute atomic E-state index is 15.5. The van der Waals surface area contributed by atoms with E-state index in [1.165, 1.54) is 0 Å². The monoisotopic (exact) mass is 497 g/mol. The maximum Gasteiger partial charge on any atom is 0.248 e. The average Bonchev–Trinajstić information content (AvgIpc) is 3.24. The lowest BCUT2D eigenvalue weighted by Crippen LogP contribution is -2.21. The molecule has 188 valence electrons. The van der Waals surface area contributed by atoms with E-state index in [1.807, 2.05) is 44.4 Å². The fourth-order valence-corrected chi connectivity index (χ4v) is 4.87. The van der Waals surface area contributed by atoms with Gasteiger partial charge in [-0.25, -0.2) is 9.37 Å². The molecule has 3 N–H and O–H groups in total. The first-order chi connectivity index (χ1) is 17.8. The summed E-state index contributed by atoms with van der Waals surface area (Å²) in [6, 6.07) is 19.4. The van der Waals surface area contributed by atoms with E-state index in [0.717, 1.165) is 23.2 Å². The Morgan fingerprint density at radius 3 is 2.70 bits per heavy atom. The number of amides is 1. The number of primary amides is 1. The highest BCUT2D eigenvalue weighted by Crippen LogP contribution is 2.32. The normalized spacial score (nSPS) is 15.5. The number of aromatic nitrogens is 2. The molecule has 8 heteroatoms. The zero-order valence-corrected chi connectivity index (χ0v) is 20.7. The number of carbonyl (C=O) groups is 2. The fourth-order valence-electron chi connectivity index (χ4n) is 4.87. The van der Waals surface area contributed by atoms with E-state index in [9.17, 15) is 9.59 Å². The first-order valence-electron chi connectivity index (χ1n) is 12.1. The van der Waals surface area contributed by atoms with Gasteiger partial charge in [0.1, 0.15) is 17.8 Å². The smallest absolute Gasteiger partial charge is 0.248 e. The first-order valence-corrected chi connectivity index (χ1v) is 12.1. The molecule has 0 fully saturated rings. The summed E-state index contributed by atoms with van der Waals surface area (Å²) in [7, 11) is 4.00. The lowest BCUT2D eigenvalue weighted by molar-refractivity contribution is 0.0964. The van der Waals surface area contributed by atoms with E-state index >= 15 is 4.39 Å². The second-order valence-corrected chi connectivity index (χ2v) is 9.52. The molecule has 0 spiro atoms.